The number of amides is 1. The average molecular weight is 439 g/mol. The van der Waals surface area contributed by atoms with E-state index >= 15 is 0 Å². The maximum Gasteiger partial charge on any atom is 0.258 e. The van der Waals surface area contributed by atoms with E-state index in [9.17, 15) is 9.59 Å². The summed E-state index contributed by atoms with van der Waals surface area (Å²) in [5, 5.41) is 2.90. The molecule has 33 heavy (non-hydrogen) atoms. The number of hydrogen-bond acceptors (Lipinski definition) is 3. The summed E-state index contributed by atoms with van der Waals surface area (Å²) in [5.41, 5.74) is 4.22. The zero-order valence-corrected chi connectivity index (χ0v) is 18.3. The molecule has 4 rings (SSSR count). The van der Waals surface area contributed by atoms with Crippen LogP contribution in [0.1, 0.15) is 22.3 Å². The fraction of sp³-hybridized carbons (Fsp3) is 0.143. The third kappa shape index (κ3) is 6.43. The number of nitrogens with zero attached hydrogens (tertiary/aromatic N) is 1. The first-order chi connectivity index (χ1) is 16.2. The molecule has 0 fully saturated rings. The number of para-hydroxylation sites is 1. The van der Waals surface area contributed by atoms with E-state index in [2.05, 4.69) is 17.4 Å². The maximum absolute atomic E-state index is 12.3. The largest absolute Gasteiger partial charge is 0.483 e. The summed E-state index contributed by atoms with van der Waals surface area (Å²) in [6.45, 7) is 0.892. The fourth-order valence-corrected chi connectivity index (χ4v) is 3.55. The molecule has 0 saturated carbocycles. The fourth-order valence-electron chi connectivity index (χ4n) is 3.55. The number of benzene rings is 3. The predicted molar refractivity (Wildman–Crippen MR) is 129 cm³/mol. The number of pyridine rings is 1. The van der Waals surface area contributed by atoms with Crippen molar-refractivity contribution in [1.29, 1.82) is 0 Å². The first kappa shape index (κ1) is 22.1. The van der Waals surface area contributed by atoms with Crippen LogP contribution in [0.4, 0.5) is 0 Å². The number of carbonyl (C=O) groups excluding carboxylic acids is 1. The average Bonchev–Trinajstić information content (AvgIpc) is 2.85. The lowest BCUT2D eigenvalue weighted by Gasteiger charge is -2.12. The normalized spacial score (nSPS) is 10.5. The minimum Gasteiger partial charge on any atom is -0.483 e. The molecular formula is C28H26N2O3. The second kappa shape index (κ2) is 11.0. The minimum absolute atomic E-state index is 0.0285. The molecule has 0 spiro atoms. The topological polar surface area (TPSA) is 60.3 Å². The summed E-state index contributed by atoms with van der Waals surface area (Å²) < 4.78 is 7.47. The van der Waals surface area contributed by atoms with Crippen LogP contribution in [0.2, 0.25) is 0 Å². The number of hydrogen-bond donors (Lipinski definition) is 1. The van der Waals surface area contributed by atoms with Crippen LogP contribution in [0.25, 0.3) is 0 Å². The molecule has 1 aromatic heterocycles. The zero-order valence-electron chi connectivity index (χ0n) is 18.3. The van der Waals surface area contributed by atoms with Crippen molar-refractivity contribution in [3.8, 4) is 5.75 Å². The summed E-state index contributed by atoms with van der Waals surface area (Å²) in [5.74, 6) is 0.543. The Balaban J connectivity index is 1.27. The third-order valence-electron chi connectivity index (χ3n) is 5.33. The molecule has 0 radical (unpaired) electrons. The van der Waals surface area contributed by atoms with Crippen molar-refractivity contribution in [1.82, 2.24) is 9.88 Å². The van der Waals surface area contributed by atoms with Gasteiger partial charge >= 0.3 is 0 Å². The third-order valence-corrected chi connectivity index (χ3v) is 5.33. The van der Waals surface area contributed by atoms with Gasteiger partial charge < -0.3 is 14.6 Å². The van der Waals surface area contributed by atoms with E-state index in [1.54, 1.807) is 22.9 Å². The SMILES string of the molecule is O=C(COc1ccccc1Cc1ccccc1)NCc1ccc(Cn2ccccc2=O)cc1. The van der Waals surface area contributed by atoms with Crippen molar-refractivity contribution in [3.63, 3.8) is 0 Å². The van der Waals surface area contributed by atoms with E-state index in [4.69, 9.17) is 4.74 Å². The van der Waals surface area contributed by atoms with E-state index in [1.165, 1.54) is 5.56 Å². The Morgan fingerprint density at radius 1 is 0.758 bits per heavy atom. The van der Waals surface area contributed by atoms with Gasteiger partial charge in [0.15, 0.2) is 6.61 Å². The van der Waals surface area contributed by atoms with Gasteiger partial charge in [-0.05, 0) is 34.4 Å². The number of rotatable bonds is 9. The van der Waals surface area contributed by atoms with Crippen LogP contribution >= 0.6 is 0 Å². The summed E-state index contributed by atoms with van der Waals surface area (Å²) in [7, 11) is 0. The summed E-state index contributed by atoms with van der Waals surface area (Å²) in [6.07, 6.45) is 2.52. The van der Waals surface area contributed by atoms with Gasteiger partial charge in [-0.15, -0.1) is 0 Å². The summed E-state index contributed by atoms with van der Waals surface area (Å²) in [6, 6.07) is 30.9. The Hall–Kier alpha value is -4.12. The molecule has 0 aliphatic carbocycles. The quantitative estimate of drug-likeness (QED) is 0.426. The van der Waals surface area contributed by atoms with E-state index in [0.717, 1.165) is 28.9 Å². The molecule has 0 saturated heterocycles. The molecule has 5 nitrogen and oxygen atoms in total. The number of nitrogens with one attached hydrogen (secondary N) is 1. The molecule has 3 aromatic carbocycles. The lowest BCUT2D eigenvalue weighted by molar-refractivity contribution is -0.123. The molecule has 4 aromatic rings. The van der Waals surface area contributed by atoms with E-state index in [1.807, 2.05) is 72.8 Å². The molecule has 0 atom stereocenters. The van der Waals surface area contributed by atoms with Crippen LogP contribution in [0.3, 0.4) is 0 Å². The lowest BCUT2D eigenvalue weighted by Crippen LogP contribution is -2.28. The van der Waals surface area contributed by atoms with Crippen LogP contribution in [-0.4, -0.2) is 17.1 Å². The zero-order chi connectivity index (χ0) is 22.9. The first-order valence-electron chi connectivity index (χ1n) is 10.9. The van der Waals surface area contributed by atoms with Crippen molar-refractivity contribution in [2.45, 2.75) is 19.5 Å². The van der Waals surface area contributed by atoms with Gasteiger partial charge in [-0.3, -0.25) is 9.59 Å². The van der Waals surface area contributed by atoms with E-state index < -0.39 is 0 Å². The van der Waals surface area contributed by atoms with Crippen LogP contribution in [-0.2, 0) is 24.3 Å². The Labute approximate surface area is 193 Å². The highest BCUT2D eigenvalue weighted by Gasteiger charge is 2.08. The van der Waals surface area contributed by atoms with E-state index in [-0.39, 0.29) is 18.1 Å². The monoisotopic (exact) mass is 438 g/mol. The van der Waals surface area contributed by atoms with Crippen molar-refractivity contribution < 1.29 is 9.53 Å². The van der Waals surface area contributed by atoms with Gasteiger partial charge in [-0.1, -0.05) is 78.9 Å². The minimum atomic E-state index is -0.176. The highest BCUT2D eigenvalue weighted by Crippen LogP contribution is 2.21. The smallest absolute Gasteiger partial charge is 0.258 e. The van der Waals surface area contributed by atoms with Crippen LogP contribution in [0.15, 0.2) is 108 Å². The Morgan fingerprint density at radius 3 is 2.24 bits per heavy atom. The van der Waals surface area contributed by atoms with Crippen molar-refractivity contribution >= 4 is 5.91 Å². The number of aromatic nitrogens is 1. The van der Waals surface area contributed by atoms with Gasteiger partial charge in [0.05, 0.1) is 6.54 Å². The number of carbonyl (C=O) groups is 1. The van der Waals surface area contributed by atoms with Gasteiger partial charge in [0, 0.05) is 25.2 Å². The van der Waals surface area contributed by atoms with Crippen LogP contribution in [0, 0.1) is 0 Å². The lowest BCUT2D eigenvalue weighted by atomic mass is 10.0. The number of ether oxygens (including phenoxy) is 1. The molecule has 0 aliphatic heterocycles. The molecule has 1 heterocycles. The molecule has 1 N–H and O–H groups in total. The van der Waals surface area contributed by atoms with Gasteiger partial charge in [-0.25, -0.2) is 0 Å². The van der Waals surface area contributed by atoms with Gasteiger partial charge in [0.1, 0.15) is 5.75 Å². The van der Waals surface area contributed by atoms with E-state index in [0.29, 0.717) is 13.1 Å². The Morgan fingerprint density at radius 2 is 1.45 bits per heavy atom. The van der Waals surface area contributed by atoms with Crippen LogP contribution in [0.5, 0.6) is 5.75 Å². The predicted octanol–water partition coefficient (Wildman–Crippen LogP) is 4.18. The Bertz CT molecular complexity index is 1250. The van der Waals surface area contributed by atoms with Gasteiger partial charge in [0.25, 0.3) is 11.5 Å². The first-order valence-corrected chi connectivity index (χ1v) is 10.9. The van der Waals surface area contributed by atoms with Gasteiger partial charge in [-0.2, -0.15) is 0 Å². The maximum atomic E-state index is 12.3. The van der Waals surface area contributed by atoms with Crippen molar-refractivity contribution in [2.24, 2.45) is 0 Å². The second-order valence-corrected chi connectivity index (χ2v) is 7.82. The molecule has 0 bridgehead atoms. The van der Waals surface area contributed by atoms with Gasteiger partial charge in [0.2, 0.25) is 0 Å². The van der Waals surface area contributed by atoms with Crippen molar-refractivity contribution in [3.05, 3.63) is 136 Å². The second-order valence-electron chi connectivity index (χ2n) is 7.82. The molecule has 1 amide bonds. The Kier molecular flexibility index (Phi) is 7.33. The highest BCUT2D eigenvalue weighted by molar-refractivity contribution is 5.77. The summed E-state index contributed by atoms with van der Waals surface area (Å²) >= 11 is 0. The highest BCUT2D eigenvalue weighted by atomic mass is 16.5. The molecule has 0 aliphatic rings. The summed E-state index contributed by atoms with van der Waals surface area (Å²) in [4.78, 5) is 24.2. The van der Waals surface area contributed by atoms with Crippen molar-refractivity contribution in [2.75, 3.05) is 6.61 Å². The molecule has 5 heteroatoms. The molecular weight excluding hydrogens is 412 g/mol. The van der Waals surface area contributed by atoms with Crippen LogP contribution < -0.4 is 15.6 Å². The molecule has 0 unspecified atom stereocenters. The molecule has 166 valence electrons. The standard InChI is InChI=1S/C28H26N2O3/c31-27(21-33-26-11-5-4-10-25(26)18-22-8-2-1-3-9-22)29-19-23-13-15-24(16-14-23)20-30-17-7-6-12-28(30)32/h1-17H,18-21H2,(H,29,31).